The molecule has 0 saturated carbocycles. The second kappa shape index (κ2) is 10.9. The zero-order valence-corrected chi connectivity index (χ0v) is 20.1. The third-order valence-electron chi connectivity index (χ3n) is 5.55. The van der Waals surface area contributed by atoms with Crippen molar-refractivity contribution in [3.63, 3.8) is 0 Å². The molecule has 0 bridgehead atoms. The lowest BCUT2D eigenvalue weighted by Crippen LogP contribution is -2.30. The molecule has 0 radical (unpaired) electrons. The van der Waals surface area contributed by atoms with E-state index in [1.807, 2.05) is 30.3 Å². The number of carbonyl (C=O) groups excluding carboxylic acids is 1. The molecule has 4 rings (SSSR count). The lowest BCUT2D eigenvalue weighted by atomic mass is 10.1. The average molecular weight is 487 g/mol. The fourth-order valence-electron chi connectivity index (χ4n) is 3.68. The van der Waals surface area contributed by atoms with E-state index >= 15 is 0 Å². The minimum absolute atomic E-state index is 0.129. The van der Waals surface area contributed by atoms with Crippen molar-refractivity contribution in [1.29, 1.82) is 0 Å². The van der Waals surface area contributed by atoms with Gasteiger partial charge in [0.05, 0.1) is 24.2 Å². The normalized spacial score (nSPS) is 11.0. The average Bonchev–Trinajstić information content (AvgIpc) is 2.91. The Labute approximate surface area is 205 Å². The van der Waals surface area contributed by atoms with Crippen LogP contribution in [0.15, 0.2) is 114 Å². The van der Waals surface area contributed by atoms with E-state index in [-0.39, 0.29) is 17.3 Å². The van der Waals surface area contributed by atoms with Crippen molar-refractivity contribution in [3.05, 3.63) is 126 Å². The molecule has 0 aliphatic carbocycles. The topological polar surface area (TPSA) is 75.7 Å². The summed E-state index contributed by atoms with van der Waals surface area (Å²) < 4.78 is 33.6. The molecular weight excluding hydrogens is 460 g/mol. The number of hydrogen-bond donors (Lipinski definition) is 1. The molecule has 0 heterocycles. The van der Waals surface area contributed by atoms with Crippen molar-refractivity contribution in [1.82, 2.24) is 5.32 Å². The minimum atomic E-state index is -3.78. The van der Waals surface area contributed by atoms with E-state index in [2.05, 4.69) is 5.32 Å². The van der Waals surface area contributed by atoms with Gasteiger partial charge in [0, 0.05) is 17.7 Å². The van der Waals surface area contributed by atoms with Crippen molar-refractivity contribution >= 4 is 21.6 Å². The Bertz CT molecular complexity index is 1370. The Morgan fingerprint density at radius 1 is 0.800 bits per heavy atom. The summed E-state index contributed by atoms with van der Waals surface area (Å²) in [4.78, 5) is 12.9. The van der Waals surface area contributed by atoms with Crippen LogP contribution in [0.5, 0.6) is 5.75 Å². The maximum absolute atomic E-state index is 13.4. The summed E-state index contributed by atoms with van der Waals surface area (Å²) in [6.07, 6.45) is 0. The van der Waals surface area contributed by atoms with E-state index < -0.39 is 10.0 Å². The Kier molecular flexibility index (Phi) is 7.48. The number of nitrogens with one attached hydrogen (secondary N) is 1. The largest absolute Gasteiger partial charge is 0.496 e. The van der Waals surface area contributed by atoms with Crippen molar-refractivity contribution < 1.29 is 17.9 Å². The van der Waals surface area contributed by atoms with Crippen molar-refractivity contribution in [3.8, 4) is 5.75 Å². The second-order valence-electron chi connectivity index (χ2n) is 7.85. The minimum Gasteiger partial charge on any atom is -0.496 e. The van der Waals surface area contributed by atoms with Crippen LogP contribution in [0.2, 0.25) is 0 Å². The number of para-hydroxylation sites is 2. The van der Waals surface area contributed by atoms with E-state index in [0.29, 0.717) is 23.5 Å². The predicted octanol–water partition coefficient (Wildman–Crippen LogP) is 5.02. The zero-order valence-electron chi connectivity index (χ0n) is 19.3. The fourth-order valence-corrected chi connectivity index (χ4v) is 5.16. The molecule has 0 aliphatic rings. The number of carbonyl (C=O) groups is 1. The van der Waals surface area contributed by atoms with Crippen LogP contribution < -0.4 is 14.4 Å². The van der Waals surface area contributed by atoms with Gasteiger partial charge in [-0.2, -0.15) is 0 Å². The summed E-state index contributed by atoms with van der Waals surface area (Å²) in [6.45, 7) is 0.464. The van der Waals surface area contributed by atoms with Crippen molar-refractivity contribution in [2.45, 2.75) is 18.0 Å². The highest BCUT2D eigenvalue weighted by Crippen LogP contribution is 2.26. The van der Waals surface area contributed by atoms with Crippen molar-refractivity contribution in [2.75, 3.05) is 11.4 Å². The number of ether oxygens (including phenoxy) is 1. The zero-order chi connectivity index (χ0) is 24.7. The molecule has 1 amide bonds. The smallest absolute Gasteiger partial charge is 0.264 e. The molecule has 4 aromatic rings. The van der Waals surface area contributed by atoms with Crippen LogP contribution in [0, 0.1) is 0 Å². The molecule has 0 spiro atoms. The molecule has 0 saturated heterocycles. The predicted molar refractivity (Wildman–Crippen MR) is 137 cm³/mol. The molecule has 0 unspecified atom stereocenters. The van der Waals surface area contributed by atoms with Gasteiger partial charge in [0.25, 0.3) is 15.9 Å². The molecule has 0 aliphatic heterocycles. The monoisotopic (exact) mass is 486 g/mol. The van der Waals surface area contributed by atoms with Gasteiger partial charge in [-0.25, -0.2) is 8.42 Å². The quantitative estimate of drug-likeness (QED) is 0.360. The number of nitrogens with zero attached hydrogens (tertiary/aromatic N) is 1. The lowest BCUT2D eigenvalue weighted by Gasteiger charge is -2.25. The molecule has 0 atom stereocenters. The van der Waals surface area contributed by atoms with Gasteiger partial charge in [0.2, 0.25) is 0 Å². The van der Waals surface area contributed by atoms with Gasteiger partial charge in [0.1, 0.15) is 5.75 Å². The van der Waals surface area contributed by atoms with Gasteiger partial charge in [-0.05, 0) is 48.0 Å². The molecule has 0 aromatic heterocycles. The van der Waals surface area contributed by atoms with Gasteiger partial charge in [-0.15, -0.1) is 0 Å². The maximum Gasteiger partial charge on any atom is 0.264 e. The summed E-state index contributed by atoms with van der Waals surface area (Å²) >= 11 is 0. The molecule has 35 heavy (non-hydrogen) atoms. The first-order valence-corrected chi connectivity index (χ1v) is 12.5. The number of benzene rings is 4. The van der Waals surface area contributed by atoms with E-state index in [1.54, 1.807) is 86.0 Å². The first-order valence-electron chi connectivity index (χ1n) is 11.1. The van der Waals surface area contributed by atoms with Gasteiger partial charge in [0.15, 0.2) is 0 Å². The number of rotatable bonds is 9. The Morgan fingerprint density at radius 3 is 2.06 bits per heavy atom. The van der Waals surface area contributed by atoms with Crippen molar-refractivity contribution in [2.24, 2.45) is 0 Å². The first kappa shape index (κ1) is 24.0. The SMILES string of the molecule is COc1ccccc1CNC(=O)c1ccc(CN(c2ccccc2)S(=O)(=O)c2ccccc2)cc1. The van der Waals surface area contributed by atoms with Crippen LogP contribution in [0.3, 0.4) is 0 Å². The molecule has 6 nitrogen and oxygen atoms in total. The third-order valence-corrected chi connectivity index (χ3v) is 7.34. The third kappa shape index (κ3) is 5.70. The van der Waals surface area contributed by atoms with Crippen LogP contribution in [-0.2, 0) is 23.1 Å². The van der Waals surface area contributed by atoms with Crippen LogP contribution >= 0.6 is 0 Å². The highest BCUT2D eigenvalue weighted by molar-refractivity contribution is 7.92. The molecule has 4 aromatic carbocycles. The molecule has 7 heteroatoms. The maximum atomic E-state index is 13.4. The number of amides is 1. The fraction of sp³-hybridized carbons (Fsp3) is 0.107. The van der Waals surface area contributed by atoms with E-state index in [0.717, 1.165) is 11.1 Å². The highest BCUT2D eigenvalue weighted by Gasteiger charge is 2.25. The molecule has 0 fully saturated rings. The summed E-state index contributed by atoms with van der Waals surface area (Å²) in [5.74, 6) is 0.489. The summed E-state index contributed by atoms with van der Waals surface area (Å²) in [5, 5.41) is 2.90. The first-order chi connectivity index (χ1) is 17.0. The van der Waals surface area contributed by atoms with Crippen LogP contribution in [0.4, 0.5) is 5.69 Å². The Morgan fingerprint density at radius 2 is 1.40 bits per heavy atom. The molecule has 1 N–H and O–H groups in total. The summed E-state index contributed by atoms with van der Waals surface area (Å²) in [5.41, 5.74) is 2.69. The molecular formula is C28H26N2O4S. The van der Waals surface area contributed by atoms with Gasteiger partial charge in [-0.3, -0.25) is 9.10 Å². The second-order valence-corrected chi connectivity index (χ2v) is 9.71. The van der Waals surface area contributed by atoms with Crippen LogP contribution in [0.1, 0.15) is 21.5 Å². The molecule has 178 valence electrons. The summed E-state index contributed by atoms with van der Waals surface area (Å²) in [7, 11) is -2.19. The van der Waals surface area contributed by atoms with E-state index in [1.165, 1.54) is 4.31 Å². The van der Waals surface area contributed by atoms with Crippen LogP contribution in [0.25, 0.3) is 0 Å². The highest BCUT2D eigenvalue weighted by atomic mass is 32.2. The Balaban J connectivity index is 1.51. The van der Waals surface area contributed by atoms with Gasteiger partial charge in [-0.1, -0.05) is 66.7 Å². The van der Waals surface area contributed by atoms with E-state index in [4.69, 9.17) is 4.74 Å². The summed E-state index contributed by atoms with van der Waals surface area (Å²) in [6, 6.07) is 31.8. The number of methoxy groups -OCH3 is 1. The van der Waals surface area contributed by atoms with Gasteiger partial charge < -0.3 is 10.1 Å². The van der Waals surface area contributed by atoms with Crippen LogP contribution in [-0.4, -0.2) is 21.4 Å². The number of sulfonamides is 1. The standard InChI is InChI=1S/C28H26N2O4S/c1-34-27-15-9-8-10-24(27)20-29-28(31)23-18-16-22(17-19-23)21-30(25-11-4-2-5-12-25)35(32,33)26-13-6-3-7-14-26/h2-19H,20-21H2,1H3,(H,29,31). The lowest BCUT2D eigenvalue weighted by molar-refractivity contribution is 0.0950. The van der Waals surface area contributed by atoms with E-state index in [9.17, 15) is 13.2 Å². The van der Waals surface area contributed by atoms with Gasteiger partial charge >= 0.3 is 0 Å². The Hall–Kier alpha value is -4.10. The number of hydrogen-bond acceptors (Lipinski definition) is 4. The number of anilines is 1.